The van der Waals surface area contributed by atoms with Gasteiger partial charge in [0.05, 0.1) is 5.92 Å². The van der Waals surface area contributed by atoms with Crippen LogP contribution in [0.1, 0.15) is 83.1 Å². The van der Waals surface area contributed by atoms with Crippen molar-refractivity contribution < 1.29 is 13.9 Å². The Labute approximate surface area is 175 Å². The number of esters is 1. The summed E-state index contributed by atoms with van der Waals surface area (Å²) in [4.78, 5) is 12.9. The molecule has 3 aliphatic carbocycles. The monoisotopic (exact) mass is 400 g/mol. The molecule has 0 saturated heterocycles. The van der Waals surface area contributed by atoms with Crippen molar-refractivity contribution in [3.05, 3.63) is 29.6 Å². The van der Waals surface area contributed by atoms with Crippen molar-refractivity contribution in [3.8, 4) is 5.75 Å². The van der Waals surface area contributed by atoms with Gasteiger partial charge in [-0.05, 0) is 86.7 Å². The maximum Gasteiger partial charge on any atom is 0.314 e. The molecule has 0 aliphatic heterocycles. The molecule has 2 nitrogen and oxygen atoms in total. The Kier molecular flexibility index (Phi) is 6.61. The van der Waals surface area contributed by atoms with Gasteiger partial charge in [0.25, 0.3) is 0 Å². The molecular formula is C26H37FO2. The molecule has 160 valence electrons. The Morgan fingerprint density at radius 1 is 1.00 bits per heavy atom. The number of hydrogen-bond acceptors (Lipinski definition) is 2. The van der Waals surface area contributed by atoms with Crippen LogP contribution < -0.4 is 4.74 Å². The molecule has 0 bridgehead atoms. The van der Waals surface area contributed by atoms with E-state index in [9.17, 15) is 9.18 Å². The first-order valence-corrected chi connectivity index (χ1v) is 12.0. The minimum Gasteiger partial charge on any atom is -0.426 e. The number of carbonyl (C=O) groups is 1. The first-order valence-electron chi connectivity index (χ1n) is 12.0. The van der Waals surface area contributed by atoms with E-state index in [0.717, 1.165) is 30.6 Å². The summed E-state index contributed by atoms with van der Waals surface area (Å²) in [5, 5.41) is 0. The van der Waals surface area contributed by atoms with Gasteiger partial charge in [0.1, 0.15) is 11.6 Å². The average molecular weight is 401 g/mol. The minimum atomic E-state index is -0.310. The summed E-state index contributed by atoms with van der Waals surface area (Å²) in [7, 11) is 0. The quantitative estimate of drug-likeness (QED) is 0.398. The number of fused-ring (bicyclic) bond motifs is 1. The highest BCUT2D eigenvalue weighted by molar-refractivity contribution is 5.75. The van der Waals surface area contributed by atoms with Gasteiger partial charge in [-0.1, -0.05) is 45.1 Å². The fraction of sp³-hybridized carbons (Fsp3) is 0.731. The van der Waals surface area contributed by atoms with Crippen LogP contribution in [0.4, 0.5) is 4.39 Å². The summed E-state index contributed by atoms with van der Waals surface area (Å²) in [6.07, 6.45) is 14.1. The Balaban J connectivity index is 1.35. The van der Waals surface area contributed by atoms with Gasteiger partial charge < -0.3 is 4.74 Å². The first-order chi connectivity index (χ1) is 14.0. The van der Waals surface area contributed by atoms with E-state index >= 15 is 0 Å². The molecule has 4 unspecified atom stereocenters. The standard InChI is InChI=1S/C26H37FO2/c1-3-18-8-10-19(11-9-18)20-12-14-23-21(15-20)5-4-6-24(23)26(28)29-22-13-7-17(2)25(27)16-22/h7,13,16,18-21,23-24H,3-6,8-12,14-15H2,1-2H3. The van der Waals surface area contributed by atoms with Gasteiger partial charge in [-0.2, -0.15) is 0 Å². The lowest BCUT2D eigenvalue weighted by molar-refractivity contribution is -0.144. The average Bonchev–Trinajstić information content (AvgIpc) is 2.75. The zero-order valence-corrected chi connectivity index (χ0v) is 18.2. The number of halogens is 1. The van der Waals surface area contributed by atoms with Crippen LogP contribution in [0, 0.1) is 48.2 Å². The third-order valence-electron chi connectivity index (χ3n) is 8.49. The van der Waals surface area contributed by atoms with Crippen molar-refractivity contribution >= 4 is 5.97 Å². The van der Waals surface area contributed by atoms with Crippen molar-refractivity contribution in [1.29, 1.82) is 0 Å². The van der Waals surface area contributed by atoms with Crippen LogP contribution in [-0.2, 0) is 4.79 Å². The highest BCUT2D eigenvalue weighted by Crippen LogP contribution is 2.50. The highest BCUT2D eigenvalue weighted by Gasteiger charge is 2.43. The molecule has 3 heteroatoms. The van der Waals surface area contributed by atoms with E-state index < -0.39 is 0 Å². The van der Waals surface area contributed by atoms with Crippen molar-refractivity contribution in [2.75, 3.05) is 0 Å². The van der Waals surface area contributed by atoms with Crippen LogP contribution in [0.5, 0.6) is 5.75 Å². The van der Waals surface area contributed by atoms with E-state index in [1.807, 2.05) is 0 Å². The number of aryl methyl sites for hydroxylation is 1. The number of benzene rings is 1. The predicted molar refractivity (Wildman–Crippen MR) is 114 cm³/mol. The largest absolute Gasteiger partial charge is 0.426 e. The normalized spacial score (nSPS) is 35.0. The second kappa shape index (κ2) is 9.18. The third kappa shape index (κ3) is 4.70. The molecule has 0 radical (unpaired) electrons. The number of carbonyl (C=O) groups excluding carboxylic acids is 1. The maximum atomic E-state index is 13.8. The summed E-state index contributed by atoms with van der Waals surface area (Å²) < 4.78 is 19.4. The molecule has 4 rings (SSSR count). The molecule has 3 fully saturated rings. The minimum absolute atomic E-state index is 0.00473. The summed E-state index contributed by atoms with van der Waals surface area (Å²) in [6.45, 7) is 4.06. The van der Waals surface area contributed by atoms with E-state index in [1.54, 1.807) is 19.1 Å². The van der Waals surface area contributed by atoms with Gasteiger partial charge in [0, 0.05) is 6.07 Å². The third-order valence-corrected chi connectivity index (χ3v) is 8.49. The van der Waals surface area contributed by atoms with Gasteiger partial charge in [-0.3, -0.25) is 4.79 Å². The van der Waals surface area contributed by atoms with Crippen LogP contribution >= 0.6 is 0 Å². The van der Waals surface area contributed by atoms with E-state index in [-0.39, 0.29) is 17.7 Å². The second-order valence-corrected chi connectivity index (χ2v) is 10.1. The van der Waals surface area contributed by atoms with Crippen LogP contribution in [0.2, 0.25) is 0 Å². The molecule has 3 saturated carbocycles. The molecule has 3 aliphatic rings. The van der Waals surface area contributed by atoms with E-state index in [4.69, 9.17) is 4.74 Å². The first kappa shape index (κ1) is 20.9. The number of hydrogen-bond donors (Lipinski definition) is 0. The molecular weight excluding hydrogens is 363 g/mol. The predicted octanol–water partition coefficient (Wildman–Crippen LogP) is 7.09. The Morgan fingerprint density at radius 2 is 1.76 bits per heavy atom. The number of ether oxygens (including phenoxy) is 1. The van der Waals surface area contributed by atoms with Crippen molar-refractivity contribution in [2.24, 2.45) is 35.5 Å². The van der Waals surface area contributed by atoms with Crippen molar-refractivity contribution in [1.82, 2.24) is 0 Å². The van der Waals surface area contributed by atoms with Gasteiger partial charge in [0.15, 0.2) is 0 Å². The fourth-order valence-electron chi connectivity index (χ4n) is 6.62. The van der Waals surface area contributed by atoms with Gasteiger partial charge in [0.2, 0.25) is 0 Å². The van der Waals surface area contributed by atoms with Crippen LogP contribution in [0.25, 0.3) is 0 Å². The fourth-order valence-corrected chi connectivity index (χ4v) is 6.62. The Hall–Kier alpha value is -1.38. The summed E-state index contributed by atoms with van der Waals surface area (Å²) in [6, 6.07) is 4.73. The van der Waals surface area contributed by atoms with Gasteiger partial charge in [-0.15, -0.1) is 0 Å². The lowest BCUT2D eigenvalue weighted by atomic mass is 9.59. The SMILES string of the molecule is CCC1CCC(C2CCC3C(CCCC3C(=O)Oc3ccc(C)c(F)c3)C2)CC1. The molecule has 29 heavy (non-hydrogen) atoms. The molecule has 0 aromatic heterocycles. The number of rotatable bonds is 4. The maximum absolute atomic E-state index is 13.8. The van der Waals surface area contributed by atoms with E-state index in [1.165, 1.54) is 63.9 Å². The summed E-state index contributed by atoms with van der Waals surface area (Å²) in [5.74, 6) is 3.80. The second-order valence-electron chi connectivity index (χ2n) is 10.1. The van der Waals surface area contributed by atoms with Crippen LogP contribution in [0.3, 0.4) is 0 Å². The molecule has 4 atom stereocenters. The van der Waals surface area contributed by atoms with E-state index in [2.05, 4.69) is 6.92 Å². The Bertz CT molecular complexity index is 707. The molecule has 0 amide bonds. The topological polar surface area (TPSA) is 26.3 Å². The zero-order valence-electron chi connectivity index (χ0n) is 18.2. The van der Waals surface area contributed by atoms with Gasteiger partial charge >= 0.3 is 5.97 Å². The molecule has 1 aromatic carbocycles. The van der Waals surface area contributed by atoms with Gasteiger partial charge in [-0.25, -0.2) is 4.39 Å². The molecule has 0 N–H and O–H groups in total. The van der Waals surface area contributed by atoms with Crippen molar-refractivity contribution in [3.63, 3.8) is 0 Å². The van der Waals surface area contributed by atoms with Crippen molar-refractivity contribution in [2.45, 2.75) is 84.5 Å². The highest BCUT2D eigenvalue weighted by atomic mass is 19.1. The van der Waals surface area contributed by atoms with Crippen LogP contribution in [-0.4, -0.2) is 5.97 Å². The lowest BCUT2D eigenvalue weighted by Gasteiger charge is -2.46. The Morgan fingerprint density at radius 3 is 2.48 bits per heavy atom. The van der Waals surface area contributed by atoms with Crippen LogP contribution in [0.15, 0.2) is 18.2 Å². The zero-order chi connectivity index (χ0) is 20.4. The molecule has 0 heterocycles. The van der Waals surface area contributed by atoms with E-state index in [0.29, 0.717) is 23.1 Å². The smallest absolute Gasteiger partial charge is 0.314 e. The summed E-state index contributed by atoms with van der Waals surface area (Å²) >= 11 is 0. The molecule has 1 aromatic rings. The lowest BCUT2D eigenvalue weighted by Crippen LogP contribution is -2.40. The summed E-state index contributed by atoms with van der Waals surface area (Å²) in [5.41, 5.74) is 0.578. The molecule has 0 spiro atoms.